The number of benzene rings is 5. The lowest BCUT2D eigenvalue weighted by Gasteiger charge is -2.08. The smallest absolute Gasteiger partial charge is 0.255 e. The van der Waals surface area contributed by atoms with Crippen molar-refractivity contribution in [3.05, 3.63) is 132 Å². The van der Waals surface area contributed by atoms with Crippen molar-refractivity contribution >= 4 is 66.3 Å². The molecule has 0 fully saturated rings. The van der Waals surface area contributed by atoms with E-state index < -0.39 is 0 Å². The van der Waals surface area contributed by atoms with E-state index in [1.54, 1.807) is 46.9 Å². The number of hydrogen-bond donors (Lipinski definition) is 2. The molecule has 42 heavy (non-hydrogen) atoms. The van der Waals surface area contributed by atoms with Gasteiger partial charge in [-0.05, 0) is 97.1 Å². The van der Waals surface area contributed by atoms with Gasteiger partial charge < -0.3 is 10.6 Å². The molecule has 0 spiro atoms. The van der Waals surface area contributed by atoms with Crippen LogP contribution < -0.4 is 10.6 Å². The molecule has 0 radical (unpaired) electrons. The fraction of sp³-hybridized carbons (Fsp3) is 0. The summed E-state index contributed by atoms with van der Waals surface area (Å²) >= 11 is 3.28. The molecular weight excluding hydrogens is 561 g/mol. The van der Waals surface area contributed by atoms with Crippen molar-refractivity contribution in [1.82, 2.24) is 9.97 Å². The fourth-order valence-corrected chi connectivity index (χ4v) is 6.51. The summed E-state index contributed by atoms with van der Waals surface area (Å²) in [5, 5.41) is 7.71. The van der Waals surface area contributed by atoms with Crippen molar-refractivity contribution in [2.45, 2.75) is 0 Å². The molecule has 0 bridgehead atoms. The van der Waals surface area contributed by atoms with E-state index in [9.17, 15) is 9.59 Å². The number of thiazole rings is 2. The van der Waals surface area contributed by atoms with Crippen LogP contribution in [0.4, 0.5) is 11.4 Å². The second kappa shape index (κ2) is 11.0. The van der Waals surface area contributed by atoms with Gasteiger partial charge in [-0.2, -0.15) is 0 Å². The number of carbonyl (C=O) groups is 2. The zero-order valence-electron chi connectivity index (χ0n) is 22.1. The van der Waals surface area contributed by atoms with E-state index in [1.165, 1.54) is 0 Å². The van der Waals surface area contributed by atoms with Gasteiger partial charge in [-0.25, -0.2) is 9.97 Å². The number of para-hydroxylation sites is 2. The van der Waals surface area contributed by atoms with Gasteiger partial charge >= 0.3 is 0 Å². The minimum absolute atomic E-state index is 0.250. The van der Waals surface area contributed by atoms with E-state index in [4.69, 9.17) is 9.97 Å². The molecule has 2 amide bonds. The number of anilines is 2. The normalized spacial score (nSPS) is 11.0. The quantitative estimate of drug-likeness (QED) is 0.205. The number of nitrogens with zero attached hydrogens (tertiary/aromatic N) is 2. The molecule has 202 valence electrons. The number of fused-ring (bicyclic) bond motifs is 2. The number of nitrogens with one attached hydrogen (secondary N) is 2. The molecule has 0 saturated carbocycles. The second-order valence-electron chi connectivity index (χ2n) is 9.61. The molecule has 0 saturated heterocycles. The first-order valence-electron chi connectivity index (χ1n) is 13.2. The third kappa shape index (κ3) is 5.28. The zero-order valence-corrected chi connectivity index (χ0v) is 23.7. The predicted octanol–water partition coefficient (Wildman–Crippen LogP) is 8.74. The molecule has 2 aromatic heterocycles. The third-order valence-electron chi connectivity index (χ3n) is 6.78. The van der Waals surface area contributed by atoms with Crippen molar-refractivity contribution in [3.8, 4) is 21.1 Å². The van der Waals surface area contributed by atoms with E-state index in [-0.39, 0.29) is 11.8 Å². The molecular formula is C34H22N4O2S2. The summed E-state index contributed by atoms with van der Waals surface area (Å²) in [4.78, 5) is 35.1. The Bertz CT molecular complexity index is 1850. The minimum Gasteiger partial charge on any atom is -0.322 e. The van der Waals surface area contributed by atoms with E-state index in [0.717, 1.165) is 41.6 Å². The van der Waals surface area contributed by atoms with E-state index >= 15 is 0 Å². The Labute approximate surface area is 249 Å². The number of rotatable bonds is 6. The lowest BCUT2D eigenvalue weighted by molar-refractivity contribution is 0.101. The van der Waals surface area contributed by atoms with Crippen molar-refractivity contribution in [3.63, 3.8) is 0 Å². The Morgan fingerprint density at radius 3 is 1.24 bits per heavy atom. The molecule has 7 rings (SSSR count). The minimum atomic E-state index is -0.250. The first kappa shape index (κ1) is 25.8. The first-order chi connectivity index (χ1) is 20.6. The molecule has 7 aromatic rings. The van der Waals surface area contributed by atoms with Gasteiger partial charge in [0, 0.05) is 33.6 Å². The van der Waals surface area contributed by atoms with Crippen LogP contribution in [-0.4, -0.2) is 21.8 Å². The van der Waals surface area contributed by atoms with Crippen molar-refractivity contribution in [2.75, 3.05) is 10.6 Å². The average Bonchev–Trinajstić information content (AvgIpc) is 3.67. The number of carbonyl (C=O) groups excluding carboxylic acids is 2. The Kier molecular flexibility index (Phi) is 6.75. The lowest BCUT2D eigenvalue weighted by Crippen LogP contribution is -2.14. The van der Waals surface area contributed by atoms with Gasteiger partial charge in [0.2, 0.25) is 0 Å². The van der Waals surface area contributed by atoms with Gasteiger partial charge in [0.15, 0.2) is 0 Å². The maximum Gasteiger partial charge on any atom is 0.255 e. The molecule has 2 heterocycles. The van der Waals surface area contributed by atoms with E-state index in [0.29, 0.717) is 22.5 Å². The van der Waals surface area contributed by atoms with Crippen molar-refractivity contribution in [1.29, 1.82) is 0 Å². The molecule has 2 N–H and O–H groups in total. The Balaban J connectivity index is 0.973. The van der Waals surface area contributed by atoms with Gasteiger partial charge in [-0.15, -0.1) is 22.7 Å². The highest BCUT2D eigenvalue weighted by Crippen LogP contribution is 2.32. The van der Waals surface area contributed by atoms with Crippen LogP contribution in [0.2, 0.25) is 0 Å². The molecule has 0 aliphatic rings. The average molecular weight is 583 g/mol. The van der Waals surface area contributed by atoms with Gasteiger partial charge in [-0.3, -0.25) is 9.59 Å². The highest BCUT2D eigenvalue weighted by atomic mass is 32.1. The molecule has 0 unspecified atom stereocenters. The highest BCUT2D eigenvalue weighted by Gasteiger charge is 2.12. The van der Waals surface area contributed by atoms with Crippen LogP contribution in [0.3, 0.4) is 0 Å². The van der Waals surface area contributed by atoms with Crippen LogP contribution in [0.25, 0.3) is 41.6 Å². The van der Waals surface area contributed by atoms with Gasteiger partial charge in [0.05, 0.1) is 20.4 Å². The molecule has 0 aliphatic carbocycles. The Morgan fingerprint density at radius 2 is 0.857 bits per heavy atom. The largest absolute Gasteiger partial charge is 0.322 e. The summed E-state index contributed by atoms with van der Waals surface area (Å²) in [5.74, 6) is -0.500. The van der Waals surface area contributed by atoms with Crippen molar-refractivity contribution in [2.24, 2.45) is 0 Å². The SMILES string of the molecule is O=C(Nc1ccc(-c2nc3ccccc3s2)cc1)c1ccc(C(=O)Nc2ccc(-c3nc4ccccc4s3)cc2)cc1. The maximum atomic E-state index is 12.8. The third-order valence-corrected chi connectivity index (χ3v) is 8.95. The van der Waals surface area contributed by atoms with Crippen LogP contribution in [0, 0.1) is 0 Å². The monoisotopic (exact) mass is 582 g/mol. The van der Waals surface area contributed by atoms with Crippen molar-refractivity contribution < 1.29 is 9.59 Å². The van der Waals surface area contributed by atoms with E-state index in [2.05, 4.69) is 22.8 Å². The Hall–Kier alpha value is -5.18. The first-order valence-corrected chi connectivity index (χ1v) is 14.9. The van der Waals surface area contributed by atoms with Gasteiger partial charge in [-0.1, -0.05) is 24.3 Å². The molecule has 0 atom stereocenters. The van der Waals surface area contributed by atoms with Crippen LogP contribution in [0.15, 0.2) is 121 Å². The summed E-state index contributed by atoms with van der Waals surface area (Å²) in [6.07, 6.45) is 0. The van der Waals surface area contributed by atoms with Crippen LogP contribution in [0.5, 0.6) is 0 Å². The zero-order chi connectivity index (χ0) is 28.5. The summed E-state index contributed by atoms with van der Waals surface area (Å²) in [6, 6.07) is 37.9. The molecule has 6 nitrogen and oxygen atoms in total. The Morgan fingerprint density at radius 1 is 0.476 bits per heavy atom. The topological polar surface area (TPSA) is 84.0 Å². The van der Waals surface area contributed by atoms with Gasteiger partial charge in [0.1, 0.15) is 10.0 Å². The fourth-order valence-electron chi connectivity index (χ4n) is 4.56. The lowest BCUT2D eigenvalue weighted by atomic mass is 10.1. The van der Waals surface area contributed by atoms with Crippen LogP contribution in [0.1, 0.15) is 20.7 Å². The molecule has 5 aromatic carbocycles. The second-order valence-corrected chi connectivity index (χ2v) is 11.7. The summed E-state index contributed by atoms with van der Waals surface area (Å²) in [7, 11) is 0. The summed E-state index contributed by atoms with van der Waals surface area (Å²) < 4.78 is 2.28. The predicted molar refractivity (Wildman–Crippen MR) is 172 cm³/mol. The highest BCUT2D eigenvalue weighted by molar-refractivity contribution is 7.22. The molecule has 8 heteroatoms. The maximum absolute atomic E-state index is 12.8. The van der Waals surface area contributed by atoms with Crippen LogP contribution >= 0.6 is 22.7 Å². The van der Waals surface area contributed by atoms with E-state index in [1.807, 2.05) is 84.9 Å². The van der Waals surface area contributed by atoms with Gasteiger partial charge in [0.25, 0.3) is 11.8 Å². The summed E-state index contributed by atoms with van der Waals surface area (Å²) in [6.45, 7) is 0. The number of aromatic nitrogens is 2. The van der Waals surface area contributed by atoms with Crippen LogP contribution in [-0.2, 0) is 0 Å². The number of amides is 2. The summed E-state index contributed by atoms with van der Waals surface area (Å²) in [5.41, 5.74) is 6.23. The standard InChI is InChI=1S/C34H22N4O2S2/c39-31(35-25-17-13-23(14-18-25)33-37-27-5-1-3-7-29(27)41-33)21-9-11-22(12-10-21)32(40)36-26-19-15-24(16-20-26)34-38-28-6-2-4-8-30(28)42-34/h1-20H,(H,35,39)(H,36,40). The molecule has 0 aliphatic heterocycles. The number of hydrogen-bond acceptors (Lipinski definition) is 6.